The van der Waals surface area contributed by atoms with E-state index in [4.69, 9.17) is 29.4 Å². The standard InChI is InChI=1S/C28H35NO9/c1-17(2)24(30)37-22-13-12-20(14-23(22)38-25(31)18(3)4)16-28(29,26(32)34-6)15-19(5)35-27(33)36-21-10-8-7-9-11-21/h7-14,17-19H,15-16,29H2,1-6H3/t19-,28?/m0/s1. The number of rotatable bonds is 11. The van der Waals surface area contributed by atoms with E-state index in [1.165, 1.54) is 19.2 Å². The highest BCUT2D eigenvalue weighted by Gasteiger charge is 2.38. The normalized spacial score (nSPS) is 13.3. The molecule has 1 unspecified atom stereocenters. The van der Waals surface area contributed by atoms with Crippen LogP contribution in [0.2, 0.25) is 0 Å². The maximum Gasteiger partial charge on any atom is 0.514 e. The van der Waals surface area contributed by atoms with Gasteiger partial charge in [0.2, 0.25) is 0 Å². The molecule has 10 nitrogen and oxygen atoms in total. The zero-order valence-corrected chi connectivity index (χ0v) is 22.5. The SMILES string of the molecule is COC(=O)C(N)(Cc1ccc(OC(=O)C(C)C)c(OC(=O)C(C)C)c1)C[C@H](C)OC(=O)Oc1ccccc1. The minimum absolute atomic E-state index is 0.0122. The van der Waals surface area contributed by atoms with Crippen LogP contribution in [0.25, 0.3) is 0 Å². The van der Waals surface area contributed by atoms with Gasteiger partial charge >= 0.3 is 24.1 Å². The van der Waals surface area contributed by atoms with Crippen LogP contribution in [0.4, 0.5) is 4.79 Å². The van der Waals surface area contributed by atoms with Crippen LogP contribution in [0.5, 0.6) is 17.2 Å². The van der Waals surface area contributed by atoms with Crippen LogP contribution in [0, 0.1) is 11.8 Å². The Kier molecular flexibility index (Phi) is 10.8. The summed E-state index contributed by atoms with van der Waals surface area (Å²) in [7, 11) is 1.20. The van der Waals surface area contributed by atoms with Crippen LogP contribution in [0.3, 0.4) is 0 Å². The van der Waals surface area contributed by atoms with Gasteiger partial charge < -0.3 is 29.4 Å². The summed E-state index contributed by atoms with van der Waals surface area (Å²) >= 11 is 0. The number of para-hydroxylation sites is 1. The van der Waals surface area contributed by atoms with E-state index >= 15 is 0 Å². The molecule has 0 aliphatic carbocycles. The lowest BCUT2D eigenvalue weighted by Crippen LogP contribution is -2.53. The minimum atomic E-state index is -1.61. The number of hydrogen-bond donors (Lipinski definition) is 1. The van der Waals surface area contributed by atoms with Gasteiger partial charge in [-0.15, -0.1) is 0 Å². The first-order chi connectivity index (χ1) is 17.8. The van der Waals surface area contributed by atoms with Gasteiger partial charge in [-0.05, 0) is 36.8 Å². The van der Waals surface area contributed by atoms with Crippen molar-refractivity contribution >= 4 is 24.1 Å². The molecule has 2 N–H and O–H groups in total. The average molecular weight is 530 g/mol. The third kappa shape index (κ3) is 8.88. The van der Waals surface area contributed by atoms with Crippen molar-refractivity contribution in [2.24, 2.45) is 17.6 Å². The summed E-state index contributed by atoms with van der Waals surface area (Å²) in [6.45, 7) is 8.25. The number of hydrogen-bond acceptors (Lipinski definition) is 10. The predicted molar refractivity (Wildman–Crippen MR) is 138 cm³/mol. The maximum atomic E-state index is 12.7. The van der Waals surface area contributed by atoms with Gasteiger partial charge in [-0.2, -0.15) is 0 Å². The van der Waals surface area contributed by atoms with Gasteiger partial charge in [0.05, 0.1) is 18.9 Å². The summed E-state index contributed by atoms with van der Waals surface area (Å²) in [6, 6.07) is 12.9. The molecule has 0 heterocycles. The van der Waals surface area contributed by atoms with E-state index in [-0.39, 0.29) is 24.3 Å². The molecule has 0 aromatic heterocycles. The Morgan fingerprint density at radius 2 is 1.39 bits per heavy atom. The van der Waals surface area contributed by atoms with Gasteiger partial charge in [0, 0.05) is 12.8 Å². The summed E-state index contributed by atoms with van der Waals surface area (Å²) < 4.78 is 26.2. The molecule has 2 rings (SSSR count). The Bertz CT molecular complexity index is 1130. The Hall–Kier alpha value is -3.92. The van der Waals surface area contributed by atoms with E-state index in [2.05, 4.69) is 0 Å². The van der Waals surface area contributed by atoms with E-state index in [1.807, 2.05) is 0 Å². The largest absolute Gasteiger partial charge is 0.514 e. The fourth-order valence-electron chi connectivity index (χ4n) is 3.40. The molecular weight excluding hydrogens is 494 g/mol. The van der Waals surface area contributed by atoms with Gasteiger partial charge in [-0.1, -0.05) is 52.0 Å². The first-order valence-electron chi connectivity index (χ1n) is 12.2. The molecule has 0 amide bonds. The van der Waals surface area contributed by atoms with Crippen molar-refractivity contribution in [1.29, 1.82) is 0 Å². The Morgan fingerprint density at radius 1 is 0.816 bits per heavy atom. The number of carbonyl (C=O) groups is 4. The van der Waals surface area contributed by atoms with Crippen LogP contribution in [-0.4, -0.2) is 42.8 Å². The smallest absolute Gasteiger partial charge is 0.468 e. The quantitative estimate of drug-likeness (QED) is 0.256. The highest BCUT2D eigenvalue weighted by atomic mass is 16.7. The van der Waals surface area contributed by atoms with E-state index in [1.54, 1.807) is 71.0 Å². The molecule has 0 radical (unpaired) electrons. The molecule has 2 aromatic rings. The van der Waals surface area contributed by atoms with Crippen LogP contribution >= 0.6 is 0 Å². The number of ether oxygens (including phenoxy) is 5. The zero-order chi connectivity index (χ0) is 28.5. The number of methoxy groups -OCH3 is 1. The molecular formula is C28H35NO9. The van der Waals surface area contributed by atoms with Gasteiger partial charge in [0.25, 0.3) is 0 Å². The van der Waals surface area contributed by atoms with Gasteiger partial charge in [-0.25, -0.2) is 4.79 Å². The molecule has 0 saturated carbocycles. The molecule has 0 spiro atoms. The number of benzene rings is 2. The summed E-state index contributed by atoms with van der Waals surface area (Å²) in [5.41, 5.74) is 5.35. The topological polar surface area (TPSA) is 140 Å². The number of carbonyl (C=O) groups excluding carboxylic acids is 4. The third-order valence-corrected chi connectivity index (χ3v) is 5.38. The second-order valence-corrected chi connectivity index (χ2v) is 9.55. The lowest BCUT2D eigenvalue weighted by molar-refractivity contribution is -0.148. The minimum Gasteiger partial charge on any atom is -0.468 e. The Balaban J connectivity index is 2.25. The second kappa shape index (κ2) is 13.6. The summed E-state index contributed by atoms with van der Waals surface area (Å²) in [5, 5.41) is 0. The van der Waals surface area contributed by atoms with Crippen LogP contribution in [-0.2, 0) is 30.3 Å². The predicted octanol–water partition coefficient (Wildman–Crippen LogP) is 4.22. The van der Waals surface area contributed by atoms with Crippen molar-refractivity contribution < 1.29 is 42.9 Å². The van der Waals surface area contributed by atoms with Crippen molar-refractivity contribution in [3.05, 3.63) is 54.1 Å². The first kappa shape index (κ1) is 30.3. The van der Waals surface area contributed by atoms with Crippen molar-refractivity contribution in [2.45, 2.75) is 59.1 Å². The van der Waals surface area contributed by atoms with E-state index in [0.717, 1.165) is 0 Å². The van der Waals surface area contributed by atoms with E-state index in [9.17, 15) is 19.2 Å². The summed E-state index contributed by atoms with van der Waals surface area (Å²) in [5.74, 6) is -2.25. The molecule has 206 valence electrons. The van der Waals surface area contributed by atoms with Gasteiger partial charge in [0.1, 0.15) is 17.4 Å². The van der Waals surface area contributed by atoms with Crippen LogP contribution in [0.1, 0.15) is 46.6 Å². The van der Waals surface area contributed by atoms with Crippen molar-refractivity contribution in [3.63, 3.8) is 0 Å². The molecule has 0 fully saturated rings. The zero-order valence-electron chi connectivity index (χ0n) is 22.5. The lowest BCUT2D eigenvalue weighted by atomic mass is 9.86. The number of nitrogens with two attached hydrogens (primary N) is 1. The van der Waals surface area contributed by atoms with Gasteiger partial charge in [-0.3, -0.25) is 14.4 Å². The van der Waals surface area contributed by atoms with Crippen LogP contribution < -0.4 is 19.9 Å². The maximum absolute atomic E-state index is 12.7. The molecule has 2 atom stereocenters. The molecule has 0 aliphatic rings. The highest BCUT2D eigenvalue weighted by Crippen LogP contribution is 2.32. The number of esters is 3. The lowest BCUT2D eigenvalue weighted by Gasteiger charge is -2.29. The molecule has 38 heavy (non-hydrogen) atoms. The van der Waals surface area contributed by atoms with Crippen molar-refractivity contribution in [3.8, 4) is 17.2 Å². The molecule has 0 bridgehead atoms. The fraction of sp³-hybridized carbons (Fsp3) is 0.429. The molecule has 0 saturated heterocycles. The highest BCUT2D eigenvalue weighted by molar-refractivity contribution is 5.81. The fourth-order valence-corrected chi connectivity index (χ4v) is 3.40. The van der Waals surface area contributed by atoms with E-state index in [0.29, 0.717) is 11.3 Å². The Labute approximate surface area is 222 Å². The average Bonchev–Trinajstić information content (AvgIpc) is 2.84. The summed E-state index contributed by atoms with van der Waals surface area (Å²) in [4.78, 5) is 49.4. The molecule has 10 heteroatoms. The molecule has 2 aromatic carbocycles. The Morgan fingerprint density at radius 3 is 1.95 bits per heavy atom. The second-order valence-electron chi connectivity index (χ2n) is 9.55. The molecule has 0 aliphatic heterocycles. The summed E-state index contributed by atoms with van der Waals surface area (Å²) in [6.07, 6.45) is -1.93. The van der Waals surface area contributed by atoms with Crippen LogP contribution in [0.15, 0.2) is 48.5 Å². The van der Waals surface area contributed by atoms with Gasteiger partial charge in [0.15, 0.2) is 11.5 Å². The third-order valence-electron chi connectivity index (χ3n) is 5.38. The van der Waals surface area contributed by atoms with Crippen molar-refractivity contribution in [2.75, 3.05) is 7.11 Å². The van der Waals surface area contributed by atoms with Crippen molar-refractivity contribution in [1.82, 2.24) is 0 Å². The monoisotopic (exact) mass is 529 g/mol. The van der Waals surface area contributed by atoms with E-state index < -0.39 is 47.5 Å². The first-order valence-corrected chi connectivity index (χ1v) is 12.2.